The Morgan fingerprint density at radius 1 is 1.39 bits per heavy atom. The molecule has 0 radical (unpaired) electrons. The summed E-state index contributed by atoms with van der Waals surface area (Å²) < 4.78 is 6.04. The molecule has 0 amide bonds. The normalized spacial score (nSPS) is 21.5. The van der Waals surface area contributed by atoms with Crippen molar-refractivity contribution in [3.8, 4) is 5.75 Å². The standard InChI is InChI=1S/C15H20ClNO/c1-10-7-12(15(9-17)5-2-6-15)14(13(16)8-10)18-11-3-4-11/h7-8,11H,2-6,9,17H2,1H3. The molecule has 18 heavy (non-hydrogen) atoms. The topological polar surface area (TPSA) is 35.2 Å². The summed E-state index contributed by atoms with van der Waals surface area (Å²) in [7, 11) is 0. The monoisotopic (exact) mass is 265 g/mol. The lowest BCUT2D eigenvalue weighted by molar-refractivity contribution is 0.231. The molecular formula is C15H20ClNO. The van der Waals surface area contributed by atoms with E-state index in [2.05, 4.69) is 13.0 Å². The first kappa shape index (κ1) is 12.3. The zero-order valence-corrected chi connectivity index (χ0v) is 11.6. The highest BCUT2D eigenvalue weighted by atomic mass is 35.5. The minimum absolute atomic E-state index is 0.111. The summed E-state index contributed by atoms with van der Waals surface area (Å²) in [6, 6.07) is 4.21. The molecule has 1 aromatic carbocycles. The van der Waals surface area contributed by atoms with Crippen molar-refractivity contribution in [2.24, 2.45) is 5.73 Å². The molecule has 0 spiro atoms. The summed E-state index contributed by atoms with van der Waals surface area (Å²) in [5.41, 5.74) is 8.56. The summed E-state index contributed by atoms with van der Waals surface area (Å²) in [5.74, 6) is 0.898. The van der Waals surface area contributed by atoms with Gasteiger partial charge in [-0.1, -0.05) is 24.1 Å². The van der Waals surface area contributed by atoms with Crippen LogP contribution in [0.1, 0.15) is 43.2 Å². The van der Waals surface area contributed by atoms with Crippen LogP contribution < -0.4 is 10.5 Å². The van der Waals surface area contributed by atoms with Gasteiger partial charge in [-0.25, -0.2) is 0 Å². The molecule has 0 aromatic heterocycles. The van der Waals surface area contributed by atoms with Gasteiger partial charge in [-0.15, -0.1) is 0 Å². The second-order valence-corrected chi connectivity index (χ2v) is 6.19. The first-order valence-corrected chi connectivity index (χ1v) is 7.20. The van der Waals surface area contributed by atoms with E-state index < -0.39 is 0 Å². The van der Waals surface area contributed by atoms with E-state index in [1.165, 1.54) is 17.5 Å². The molecule has 2 aliphatic carbocycles. The summed E-state index contributed by atoms with van der Waals surface area (Å²) >= 11 is 6.38. The van der Waals surface area contributed by atoms with Crippen LogP contribution in [-0.2, 0) is 5.41 Å². The lowest BCUT2D eigenvalue weighted by Crippen LogP contribution is -2.42. The number of nitrogens with two attached hydrogens (primary N) is 1. The fourth-order valence-electron chi connectivity index (χ4n) is 2.78. The highest BCUT2D eigenvalue weighted by Crippen LogP contribution is 2.49. The van der Waals surface area contributed by atoms with Gasteiger partial charge in [0.25, 0.3) is 0 Å². The first-order valence-electron chi connectivity index (χ1n) is 6.82. The van der Waals surface area contributed by atoms with Crippen LogP contribution in [0.15, 0.2) is 12.1 Å². The van der Waals surface area contributed by atoms with Crippen LogP contribution in [0.25, 0.3) is 0 Å². The molecule has 0 unspecified atom stereocenters. The van der Waals surface area contributed by atoms with Crippen molar-refractivity contribution in [2.45, 2.75) is 50.5 Å². The minimum atomic E-state index is 0.111. The summed E-state index contributed by atoms with van der Waals surface area (Å²) in [6.07, 6.45) is 6.25. The number of ether oxygens (including phenoxy) is 1. The number of hydrogen-bond acceptors (Lipinski definition) is 2. The van der Waals surface area contributed by atoms with E-state index in [-0.39, 0.29) is 5.41 Å². The smallest absolute Gasteiger partial charge is 0.142 e. The molecule has 0 aliphatic heterocycles. The Balaban J connectivity index is 2.04. The van der Waals surface area contributed by atoms with Crippen LogP contribution >= 0.6 is 11.6 Å². The number of hydrogen-bond donors (Lipinski definition) is 1. The van der Waals surface area contributed by atoms with E-state index in [0.717, 1.165) is 36.5 Å². The van der Waals surface area contributed by atoms with Gasteiger partial charge in [-0.05, 0) is 44.2 Å². The molecule has 0 bridgehead atoms. The first-order chi connectivity index (χ1) is 8.64. The maximum absolute atomic E-state index is 6.38. The van der Waals surface area contributed by atoms with Gasteiger partial charge in [0.2, 0.25) is 0 Å². The molecule has 3 heteroatoms. The SMILES string of the molecule is Cc1cc(Cl)c(OC2CC2)c(C2(CN)CCC2)c1. The minimum Gasteiger partial charge on any atom is -0.489 e. The molecule has 2 fully saturated rings. The van der Waals surface area contributed by atoms with Crippen LogP contribution in [0.3, 0.4) is 0 Å². The van der Waals surface area contributed by atoms with Gasteiger partial charge in [0.1, 0.15) is 5.75 Å². The lowest BCUT2D eigenvalue weighted by Gasteiger charge is -2.42. The van der Waals surface area contributed by atoms with Crippen LogP contribution in [0.5, 0.6) is 5.75 Å². The molecule has 2 nitrogen and oxygen atoms in total. The maximum Gasteiger partial charge on any atom is 0.142 e. The van der Waals surface area contributed by atoms with E-state index >= 15 is 0 Å². The summed E-state index contributed by atoms with van der Waals surface area (Å²) in [6.45, 7) is 2.77. The van der Waals surface area contributed by atoms with Crippen molar-refractivity contribution in [1.29, 1.82) is 0 Å². The number of rotatable bonds is 4. The fourth-order valence-corrected chi connectivity index (χ4v) is 3.10. The number of aryl methyl sites for hydroxylation is 1. The largest absolute Gasteiger partial charge is 0.489 e. The average Bonchev–Trinajstić information content (AvgIpc) is 3.06. The van der Waals surface area contributed by atoms with E-state index in [9.17, 15) is 0 Å². The van der Waals surface area contributed by atoms with Crippen molar-refractivity contribution in [3.63, 3.8) is 0 Å². The lowest BCUT2D eigenvalue weighted by atomic mass is 9.64. The Morgan fingerprint density at radius 3 is 2.61 bits per heavy atom. The second-order valence-electron chi connectivity index (χ2n) is 5.78. The van der Waals surface area contributed by atoms with Gasteiger partial charge < -0.3 is 10.5 Å². The van der Waals surface area contributed by atoms with Gasteiger partial charge in [0, 0.05) is 17.5 Å². The zero-order chi connectivity index (χ0) is 12.8. The quantitative estimate of drug-likeness (QED) is 0.903. The van der Waals surface area contributed by atoms with E-state index in [1.807, 2.05) is 6.07 Å². The van der Waals surface area contributed by atoms with Crippen LogP contribution in [0.4, 0.5) is 0 Å². The second kappa shape index (κ2) is 4.43. The Morgan fingerprint density at radius 2 is 2.11 bits per heavy atom. The third kappa shape index (κ3) is 2.02. The van der Waals surface area contributed by atoms with E-state index in [0.29, 0.717) is 12.6 Å². The third-order valence-corrected chi connectivity index (χ3v) is 4.55. The fraction of sp³-hybridized carbons (Fsp3) is 0.600. The molecule has 0 saturated heterocycles. The Hall–Kier alpha value is -0.730. The molecule has 0 atom stereocenters. The van der Waals surface area contributed by atoms with Crippen LogP contribution in [0.2, 0.25) is 5.02 Å². The van der Waals surface area contributed by atoms with Crippen molar-refractivity contribution >= 4 is 11.6 Å². The Kier molecular flexibility index (Phi) is 3.03. The molecule has 0 heterocycles. The Bertz CT molecular complexity index is 458. The Labute approximate surface area is 113 Å². The van der Waals surface area contributed by atoms with E-state index in [4.69, 9.17) is 22.1 Å². The van der Waals surface area contributed by atoms with Crippen molar-refractivity contribution in [1.82, 2.24) is 0 Å². The molecule has 1 aromatic rings. The molecule has 3 rings (SSSR count). The highest BCUT2D eigenvalue weighted by molar-refractivity contribution is 6.32. The molecule has 98 valence electrons. The van der Waals surface area contributed by atoms with Crippen molar-refractivity contribution < 1.29 is 4.74 Å². The van der Waals surface area contributed by atoms with Gasteiger partial charge in [-0.2, -0.15) is 0 Å². The van der Waals surface area contributed by atoms with Gasteiger partial charge in [0.15, 0.2) is 0 Å². The number of benzene rings is 1. The maximum atomic E-state index is 6.38. The molecular weight excluding hydrogens is 246 g/mol. The van der Waals surface area contributed by atoms with Gasteiger partial charge in [0.05, 0.1) is 11.1 Å². The summed E-state index contributed by atoms with van der Waals surface area (Å²) in [4.78, 5) is 0. The predicted octanol–water partition coefficient (Wildman–Crippen LogP) is 3.57. The summed E-state index contributed by atoms with van der Waals surface area (Å²) in [5, 5.41) is 0.747. The molecule has 2 saturated carbocycles. The van der Waals surface area contributed by atoms with Crippen LogP contribution in [-0.4, -0.2) is 12.6 Å². The molecule has 2 aliphatic rings. The van der Waals surface area contributed by atoms with Gasteiger partial charge in [-0.3, -0.25) is 0 Å². The third-order valence-electron chi connectivity index (χ3n) is 4.27. The van der Waals surface area contributed by atoms with Crippen LogP contribution in [0, 0.1) is 6.92 Å². The van der Waals surface area contributed by atoms with Gasteiger partial charge >= 0.3 is 0 Å². The number of halogens is 1. The predicted molar refractivity (Wildman–Crippen MR) is 74.4 cm³/mol. The van der Waals surface area contributed by atoms with E-state index in [1.54, 1.807) is 0 Å². The molecule has 2 N–H and O–H groups in total. The average molecular weight is 266 g/mol. The van der Waals surface area contributed by atoms with Crippen molar-refractivity contribution in [3.05, 3.63) is 28.3 Å². The van der Waals surface area contributed by atoms with Crippen molar-refractivity contribution in [2.75, 3.05) is 6.54 Å². The highest BCUT2D eigenvalue weighted by Gasteiger charge is 2.41. The zero-order valence-electron chi connectivity index (χ0n) is 10.8.